The summed E-state index contributed by atoms with van der Waals surface area (Å²) in [7, 11) is 0. The monoisotopic (exact) mass is 391 g/mol. The van der Waals surface area contributed by atoms with E-state index in [-0.39, 0.29) is 34.5 Å². The summed E-state index contributed by atoms with van der Waals surface area (Å²) in [5.74, 6) is -3.25. The number of carbonyl (C=O) groups excluding carboxylic acids is 1. The average molecular weight is 391 g/mol. The summed E-state index contributed by atoms with van der Waals surface area (Å²) in [6, 6.07) is 0.834. The molecule has 0 radical (unpaired) electrons. The van der Waals surface area contributed by atoms with Gasteiger partial charge >= 0.3 is 5.97 Å². The molecule has 1 aliphatic heterocycles. The lowest BCUT2D eigenvalue weighted by atomic mass is 9.98. The quantitative estimate of drug-likeness (QED) is 0.812. The molecule has 9 heteroatoms. The zero-order valence-electron chi connectivity index (χ0n) is 15.2. The maximum atomic E-state index is 15.3. The number of carbonyl (C=O) groups is 2. The molecule has 1 aromatic carbocycles. The maximum absolute atomic E-state index is 15.3. The second kappa shape index (κ2) is 6.57. The third kappa shape index (κ3) is 3.00. The van der Waals surface area contributed by atoms with Gasteiger partial charge in [0, 0.05) is 44.7 Å². The Morgan fingerprint density at radius 3 is 2.54 bits per heavy atom. The minimum Gasteiger partial charge on any atom is -0.477 e. The molecule has 2 aliphatic rings. The molecule has 2 aromatic rings. The number of hydrogen-bond donors (Lipinski definition) is 2. The number of amides is 1. The Balaban J connectivity index is 1.77. The number of aromatic nitrogens is 1. The summed E-state index contributed by atoms with van der Waals surface area (Å²) in [5.41, 5.74) is -1.66. The van der Waals surface area contributed by atoms with Crippen molar-refractivity contribution >= 4 is 28.5 Å². The van der Waals surface area contributed by atoms with Gasteiger partial charge in [-0.25, -0.2) is 13.6 Å². The second-order valence-electron chi connectivity index (χ2n) is 7.44. The van der Waals surface area contributed by atoms with Crippen LogP contribution < -0.4 is 15.6 Å². The van der Waals surface area contributed by atoms with Gasteiger partial charge in [-0.3, -0.25) is 9.59 Å². The van der Waals surface area contributed by atoms with Crippen LogP contribution in [0.3, 0.4) is 0 Å². The Kier molecular flexibility index (Phi) is 4.32. The third-order valence-electron chi connectivity index (χ3n) is 5.27. The van der Waals surface area contributed by atoms with Gasteiger partial charge < -0.3 is 19.9 Å². The first kappa shape index (κ1) is 18.4. The molecular weight excluding hydrogens is 372 g/mol. The topological polar surface area (TPSA) is 91.6 Å². The highest BCUT2D eigenvalue weighted by Gasteiger charge is 2.34. The number of fused-ring (bicyclic) bond motifs is 1. The van der Waals surface area contributed by atoms with Crippen molar-refractivity contribution < 1.29 is 23.5 Å². The Labute approximate surface area is 158 Å². The van der Waals surface area contributed by atoms with Crippen molar-refractivity contribution in [3.63, 3.8) is 0 Å². The fourth-order valence-corrected chi connectivity index (χ4v) is 3.68. The van der Waals surface area contributed by atoms with E-state index >= 15 is 4.39 Å². The van der Waals surface area contributed by atoms with Gasteiger partial charge in [0.05, 0.1) is 10.9 Å². The molecule has 28 heavy (non-hydrogen) atoms. The Bertz CT molecular complexity index is 1060. The third-order valence-corrected chi connectivity index (χ3v) is 5.27. The van der Waals surface area contributed by atoms with Crippen LogP contribution in [0.1, 0.15) is 36.2 Å². The van der Waals surface area contributed by atoms with E-state index in [0.29, 0.717) is 19.6 Å². The zero-order valence-corrected chi connectivity index (χ0v) is 15.2. The number of halogens is 2. The van der Waals surface area contributed by atoms with E-state index in [0.717, 1.165) is 25.1 Å². The summed E-state index contributed by atoms with van der Waals surface area (Å²) < 4.78 is 31.5. The Morgan fingerprint density at radius 1 is 1.29 bits per heavy atom. The van der Waals surface area contributed by atoms with Crippen LogP contribution in [0, 0.1) is 17.6 Å². The largest absolute Gasteiger partial charge is 0.477 e. The van der Waals surface area contributed by atoms with Crippen LogP contribution in [0.4, 0.5) is 14.5 Å². The van der Waals surface area contributed by atoms with Gasteiger partial charge in [-0.05, 0) is 18.9 Å². The predicted octanol–water partition coefficient (Wildman–Crippen LogP) is 1.89. The van der Waals surface area contributed by atoms with Gasteiger partial charge in [-0.2, -0.15) is 0 Å². The van der Waals surface area contributed by atoms with Crippen molar-refractivity contribution in [2.24, 2.45) is 5.92 Å². The highest BCUT2D eigenvalue weighted by molar-refractivity contribution is 5.94. The molecule has 2 fully saturated rings. The van der Waals surface area contributed by atoms with E-state index in [1.54, 1.807) is 0 Å². The van der Waals surface area contributed by atoms with Crippen LogP contribution in [-0.2, 0) is 4.79 Å². The van der Waals surface area contributed by atoms with Crippen LogP contribution in [0.5, 0.6) is 0 Å². The van der Waals surface area contributed by atoms with Crippen LogP contribution in [0.15, 0.2) is 17.1 Å². The molecule has 2 heterocycles. The molecule has 1 saturated carbocycles. The minimum atomic E-state index is -1.42. The van der Waals surface area contributed by atoms with Crippen molar-refractivity contribution in [1.29, 1.82) is 0 Å². The molecular formula is C19H19F2N3O4. The Morgan fingerprint density at radius 2 is 1.96 bits per heavy atom. The molecule has 0 bridgehead atoms. The first-order chi connectivity index (χ1) is 13.3. The standard InChI is InChI=1S/C19H19F2N3O4/c1-9(25)22-5-10-6-23(7-10)17-14(20)4-12-16(15(17)21)24(11-2-3-11)8-13(18(12)26)19(27)28/h4,8,10-11H,2-3,5-7H2,1H3,(H,22,25)(H,27,28). The predicted molar refractivity (Wildman–Crippen MR) is 97.7 cm³/mol. The molecule has 4 rings (SSSR count). The molecule has 1 aliphatic carbocycles. The fourth-order valence-electron chi connectivity index (χ4n) is 3.68. The van der Waals surface area contributed by atoms with E-state index in [4.69, 9.17) is 0 Å². The molecule has 0 unspecified atom stereocenters. The van der Waals surface area contributed by atoms with Crippen LogP contribution in [0.25, 0.3) is 10.9 Å². The van der Waals surface area contributed by atoms with E-state index in [9.17, 15) is 23.9 Å². The number of aromatic carboxylic acids is 1. The molecule has 0 spiro atoms. The highest BCUT2D eigenvalue weighted by Crippen LogP contribution is 2.40. The number of rotatable bonds is 5. The number of carboxylic acid groups (broad SMARTS) is 1. The molecule has 148 valence electrons. The van der Waals surface area contributed by atoms with Gasteiger partial charge in [-0.1, -0.05) is 0 Å². The Hall–Kier alpha value is -2.97. The second-order valence-corrected chi connectivity index (χ2v) is 7.44. The zero-order chi connectivity index (χ0) is 20.2. The van der Waals surface area contributed by atoms with Crippen molar-refractivity contribution in [3.05, 3.63) is 39.7 Å². The van der Waals surface area contributed by atoms with E-state index in [1.165, 1.54) is 16.4 Å². The lowest BCUT2D eigenvalue weighted by Gasteiger charge is -2.41. The van der Waals surface area contributed by atoms with Gasteiger partial charge in [-0.15, -0.1) is 0 Å². The van der Waals surface area contributed by atoms with Crippen LogP contribution >= 0.6 is 0 Å². The number of anilines is 1. The van der Waals surface area contributed by atoms with E-state index in [2.05, 4.69) is 5.32 Å². The van der Waals surface area contributed by atoms with Crippen molar-refractivity contribution in [2.45, 2.75) is 25.8 Å². The molecule has 1 aromatic heterocycles. The average Bonchev–Trinajstić information content (AvgIpc) is 3.41. The molecule has 1 amide bonds. The number of benzene rings is 1. The van der Waals surface area contributed by atoms with Gasteiger partial charge in [0.15, 0.2) is 5.82 Å². The lowest BCUT2D eigenvalue weighted by Crippen LogP contribution is -2.52. The summed E-state index contributed by atoms with van der Waals surface area (Å²) in [5, 5.41) is 11.7. The fraction of sp³-hybridized carbons (Fsp3) is 0.421. The maximum Gasteiger partial charge on any atom is 0.341 e. The van der Waals surface area contributed by atoms with Gasteiger partial charge in [0.1, 0.15) is 17.1 Å². The van der Waals surface area contributed by atoms with E-state index in [1.807, 2.05) is 0 Å². The number of nitrogens with one attached hydrogen (secondary N) is 1. The smallest absolute Gasteiger partial charge is 0.341 e. The summed E-state index contributed by atoms with van der Waals surface area (Å²) in [6.07, 6.45) is 2.64. The number of hydrogen-bond acceptors (Lipinski definition) is 4. The summed E-state index contributed by atoms with van der Waals surface area (Å²) >= 11 is 0. The van der Waals surface area contributed by atoms with Crippen LogP contribution in [0.2, 0.25) is 0 Å². The van der Waals surface area contributed by atoms with Gasteiger partial charge in [0.25, 0.3) is 0 Å². The first-order valence-electron chi connectivity index (χ1n) is 9.07. The van der Waals surface area contributed by atoms with Gasteiger partial charge in [0.2, 0.25) is 11.3 Å². The highest BCUT2D eigenvalue weighted by atomic mass is 19.1. The summed E-state index contributed by atoms with van der Waals surface area (Å²) in [6.45, 7) is 2.58. The molecule has 1 saturated heterocycles. The van der Waals surface area contributed by atoms with Crippen molar-refractivity contribution in [3.8, 4) is 0 Å². The molecule has 0 atom stereocenters. The summed E-state index contributed by atoms with van der Waals surface area (Å²) in [4.78, 5) is 36.3. The first-order valence-corrected chi connectivity index (χ1v) is 9.07. The normalized spacial score (nSPS) is 16.9. The number of nitrogens with zero attached hydrogens (tertiary/aromatic N) is 2. The number of pyridine rings is 1. The lowest BCUT2D eigenvalue weighted by molar-refractivity contribution is -0.119. The van der Waals surface area contributed by atoms with Crippen molar-refractivity contribution in [2.75, 3.05) is 24.5 Å². The number of carboxylic acids is 1. The minimum absolute atomic E-state index is 0.0563. The SMILES string of the molecule is CC(=O)NCC1CN(c2c(F)cc3c(=O)c(C(=O)O)cn(C4CC4)c3c2F)C1. The van der Waals surface area contributed by atoms with Crippen LogP contribution in [-0.4, -0.2) is 41.2 Å². The van der Waals surface area contributed by atoms with E-state index < -0.39 is 28.6 Å². The van der Waals surface area contributed by atoms with Crippen molar-refractivity contribution in [1.82, 2.24) is 9.88 Å². The molecule has 2 N–H and O–H groups in total. The molecule has 7 nitrogen and oxygen atoms in total.